The Morgan fingerprint density at radius 1 is 1.11 bits per heavy atom. The predicted molar refractivity (Wildman–Crippen MR) is 89.0 cm³/mol. The zero-order valence-electron chi connectivity index (χ0n) is 14.2. The molecule has 1 heterocycles. The molecule has 0 spiro atoms. The Bertz CT molecular complexity index is 904. The van der Waals surface area contributed by atoms with Crippen molar-refractivity contribution in [1.82, 2.24) is 9.78 Å². The van der Waals surface area contributed by atoms with E-state index in [2.05, 4.69) is 10.4 Å². The lowest BCUT2D eigenvalue weighted by Gasteiger charge is -2.15. The molecule has 1 aromatic carbocycles. The van der Waals surface area contributed by atoms with Crippen molar-refractivity contribution in [3.8, 4) is 0 Å². The molecule has 1 aliphatic rings. The summed E-state index contributed by atoms with van der Waals surface area (Å²) in [5.41, 5.74) is -1.92. The molecule has 152 valence electrons. The summed E-state index contributed by atoms with van der Waals surface area (Å²) in [6, 6.07) is 2.41. The van der Waals surface area contributed by atoms with Gasteiger partial charge in [-0.15, -0.1) is 0 Å². The summed E-state index contributed by atoms with van der Waals surface area (Å²) >= 11 is 5.82. The van der Waals surface area contributed by atoms with Crippen molar-refractivity contribution >= 4 is 23.2 Å². The maximum Gasteiger partial charge on any atom is 0.435 e. The number of nitrogens with one attached hydrogen (secondary N) is 1. The van der Waals surface area contributed by atoms with Crippen LogP contribution in [0.5, 0.6) is 0 Å². The summed E-state index contributed by atoms with van der Waals surface area (Å²) in [6.07, 6.45) is -7.47. The number of hydrogen-bond acceptors (Lipinski definition) is 2. The topological polar surface area (TPSA) is 46.9 Å². The monoisotopic (exact) mass is 425 g/mol. The van der Waals surface area contributed by atoms with E-state index in [-0.39, 0.29) is 22.7 Å². The fraction of sp³-hybridized carbons (Fsp3) is 0.412. The summed E-state index contributed by atoms with van der Waals surface area (Å²) in [4.78, 5) is 12.2. The first kappa shape index (κ1) is 20.5. The lowest BCUT2D eigenvalue weighted by Crippen LogP contribution is -2.22. The van der Waals surface area contributed by atoms with Gasteiger partial charge in [-0.2, -0.15) is 31.4 Å². The molecule has 0 radical (unpaired) electrons. The minimum absolute atomic E-state index is 0.0728. The first-order chi connectivity index (χ1) is 13.0. The number of carbonyl (C=O) groups excluding carboxylic acids is 1. The largest absolute Gasteiger partial charge is 0.435 e. The normalized spacial score (nSPS) is 14.7. The van der Waals surface area contributed by atoms with E-state index >= 15 is 0 Å². The maximum atomic E-state index is 13.2. The van der Waals surface area contributed by atoms with Crippen LogP contribution in [0.3, 0.4) is 0 Å². The van der Waals surface area contributed by atoms with Gasteiger partial charge in [-0.3, -0.25) is 9.48 Å². The number of amides is 1. The van der Waals surface area contributed by atoms with Gasteiger partial charge in [0.25, 0.3) is 0 Å². The molecular formula is C17H14ClF6N3O. The van der Waals surface area contributed by atoms with Gasteiger partial charge in [0, 0.05) is 11.3 Å². The number of benzene rings is 1. The minimum atomic E-state index is -4.65. The van der Waals surface area contributed by atoms with Crippen LogP contribution >= 0.6 is 11.6 Å². The smallest absolute Gasteiger partial charge is 0.323 e. The van der Waals surface area contributed by atoms with E-state index in [0.29, 0.717) is 31.0 Å². The van der Waals surface area contributed by atoms with E-state index in [1.165, 1.54) is 0 Å². The lowest BCUT2D eigenvalue weighted by atomic mass is 9.95. The van der Waals surface area contributed by atoms with Gasteiger partial charge in [0.1, 0.15) is 6.54 Å². The van der Waals surface area contributed by atoms with Crippen LogP contribution in [0.1, 0.15) is 35.4 Å². The number of carbonyl (C=O) groups is 1. The Balaban J connectivity index is 1.84. The van der Waals surface area contributed by atoms with E-state index in [1.54, 1.807) is 0 Å². The SMILES string of the molecule is O=C(Cn1nc(C(F)(F)F)c2c1CCCC2)Nc1cc(C(F)(F)F)ccc1Cl. The zero-order valence-corrected chi connectivity index (χ0v) is 15.0. The Hall–Kier alpha value is -2.23. The molecule has 11 heteroatoms. The molecule has 1 N–H and O–H groups in total. The summed E-state index contributed by atoms with van der Waals surface area (Å²) in [7, 11) is 0. The molecule has 0 saturated heterocycles. The molecule has 0 aliphatic heterocycles. The Morgan fingerprint density at radius 2 is 1.79 bits per heavy atom. The highest BCUT2D eigenvalue weighted by Gasteiger charge is 2.39. The molecule has 0 saturated carbocycles. The third kappa shape index (κ3) is 4.26. The van der Waals surface area contributed by atoms with Crippen molar-refractivity contribution in [3.63, 3.8) is 0 Å². The van der Waals surface area contributed by atoms with E-state index in [4.69, 9.17) is 11.6 Å². The number of rotatable bonds is 3. The van der Waals surface area contributed by atoms with Gasteiger partial charge >= 0.3 is 12.4 Å². The van der Waals surface area contributed by atoms with Gasteiger partial charge in [0.2, 0.25) is 5.91 Å². The highest BCUT2D eigenvalue weighted by molar-refractivity contribution is 6.33. The van der Waals surface area contributed by atoms with Gasteiger partial charge in [0.05, 0.1) is 16.3 Å². The standard InChI is InChI=1S/C17H14ClF6N3O/c18-11-6-5-9(16(19,20)21)7-12(11)25-14(28)8-27-13-4-2-1-3-10(13)15(26-27)17(22,23)24/h5-7H,1-4,8H2,(H,25,28). The number of fused-ring (bicyclic) bond motifs is 1. The van der Waals surface area contributed by atoms with E-state index in [1.807, 2.05) is 0 Å². The Kier molecular flexibility index (Phi) is 5.35. The summed E-state index contributed by atoms with van der Waals surface area (Å²) in [5, 5.41) is 5.63. The first-order valence-electron chi connectivity index (χ1n) is 8.29. The van der Waals surface area contributed by atoms with Crippen LogP contribution in [0.4, 0.5) is 32.0 Å². The van der Waals surface area contributed by atoms with Gasteiger partial charge in [-0.05, 0) is 43.9 Å². The third-order valence-corrected chi connectivity index (χ3v) is 4.72. The second-order valence-electron chi connectivity index (χ2n) is 6.38. The van der Waals surface area contributed by atoms with E-state index in [0.717, 1.165) is 16.8 Å². The van der Waals surface area contributed by atoms with Gasteiger partial charge in [-0.25, -0.2) is 0 Å². The molecule has 0 fully saturated rings. The third-order valence-electron chi connectivity index (χ3n) is 4.39. The molecule has 3 rings (SSSR count). The minimum Gasteiger partial charge on any atom is -0.323 e. The van der Waals surface area contributed by atoms with Crippen molar-refractivity contribution in [3.05, 3.63) is 45.7 Å². The summed E-state index contributed by atoms with van der Waals surface area (Å²) in [5.74, 6) is -0.828. The molecule has 1 amide bonds. The average Bonchev–Trinajstić information content (AvgIpc) is 2.95. The molecule has 28 heavy (non-hydrogen) atoms. The van der Waals surface area contributed by atoms with Crippen LogP contribution in [-0.2, 0) is 36.5 Å². The average molecular weight is 426 g/mol. The summed E-state index contributed by atoms with van der Waals surface area (Å²) < 4.78 is 78.9. The lowest BCUT2D eigenvalue weighted by molar-refractivity contribution is -0.142. The van der Waals surface area contributed by atoms with Crippen LogP contribution in [0.2, 0.25) is 5.02 Å². The molecule has 2 aromatic rings. The van der Waals surface area contributed by atoms with Crippen molar-refractivity contribution < 1.29 is 31.1 Å². The van der Waals surface area contributed by atoms with Crippen LogP contribution in [0.15, 0.2) is 18.2 Å². The van der Waals surface area contributed by atoms with Crippen LogP contribution in [0.25, 0.3) is 0 Å². The van der Waals surface area contributed by atoms with Crippen molar-refractivity contribution in [2.75, 3.05) is 5.32 Å². The Labute approximate surface area is 160 Å². The molecule has 1 aromatic heterocycles. The number of anilines is 1. The zero-order chi connectivity index (χ0) is 20.7. The fourth-order valence-electron chi connectivity index (χ4n) is 3.15. The second-order valence-corrected chi connectivity index (χ2v) is 6.78. The molecular weight excluding hydrogens is 412 g/mol. The number of aromatic nitrogens is 2. The maximum absolute atomic E-state index is 13.2. The first-order valence-corrected chi connectivity index (χ1v) is 8.67. The van der Waals surface area contributed by atoms with Crippen LogP contribution in [-0.4, -0.2) is 15.7 Å². The highest BCUT2D eigenvalue weighted by Crippen LogP contribution is 2.36. The molecule has 0 unspecified atom stereocenters. The molecule has 4 nitrogen and oxygen atoms in total. The predicted octanol–water partition coefficient (Wildman–Crippen LogP) is 5.09. The molecule has 0 bridgehead atoms. The number of nitrogens with zero attached hydrogens (tertiary/aromatic N) is 2. The van der Waals surface area contributed by atoms with E-state index in [9.17, 15) is 31.1 Å². The number of halogens is 7. The van der Waals surface area contributed by atoms with Crippen molar-refractivity contribution in [1.29, 1.82) is 0 Å². The highest BCUT2D eigenvalue weighted by atomic mass is 35.5. The fourth-order valence-corrected chi connectivity index (χ4v) is 3.32. The van der Waals surface area contributed by atoms with Crippen LogP contribution in [0, 0.1) is 0 Å². The number of alkyl halides is 6. The van der Waals surface area contributed by atoms with E-state index < -0.39 is 36.1 Å². The van der Waals surface area contributed by atoms with Crippen LogP contribution < -0.4 is 5.32 Å². The Morgan fingerprint density at radius 3 is 2.43 bits per heavy atom. The number of hydrogen-bond donors (Lipinski definition) is 1. The van der Waals surface area contributed by atoms with Gasteiger partial charge < -0.3 is 5.32 Å². The summed E-state index contributed by atoms with van der Waals surface area (Å²) in [6.45, 7) is -0.564. The molecule has 1 aliphatic carbocycles. The second kappa shape index (κ2) is 7.31. The van der Waals surface area contributed by atoms with Crippen molar-refractivity contribution in [2.45, 2.75) is 44.6 Å². The quantitative estimate of drug-likeness (QED) is 0.696. The van der Waals surface area contributed by atoms with Gasteiger partial charge in [-0.1, -0.05) is 11.6 Å². The van der Waals surface area contributed by atoms with Crippen molar-refractivity contribution in [2.24, 2.45) is 0 Å². The molecule has 0 atom stereocenters. The van der Waals surface area contributed by atoms with Gasteiger partial charge in [0.15, 0.2) is 5.69 Å².